The van der Waals surface area contributed by atoms with Crippen molar-refractivity contribution in [2.24, 2.45) is 0 Å². The first-order valence-corrected chi connectivity index (χ1v) is 18.6. The maximum Gasteiger partial charge on any atom is 0.0619 e. The Morgan fingerprint density at radius 1 is 0.241 bits per heavy atom. The summed E-state index contributed by atoms with van der Waals surface area (Å²) in [4.78, 5) is 0. The highest BCUT2D eigenvalue weighted by molar-refractivity contribution is 6.28. The summed E-state index contributed by atoms with van der Waals surface area (Å²) < 4.78 is 4.87. The van der Waals surface area contributed by atoms with Crippen molar-refractivity contribution in [3.05, 3.63) is 206 Å². The van der Waals surface area contributed by atoms with Gasteiger partial charge >= 0.3 is 0 Å². The molecule has 2 heterocycles. The van der Waals surface area contributed by atoms with Crippen LogP contribution in [0.2, 0.25) is 0 Å². The molecule has 0 aliphatic carbocycles. The van der Waals surface area contributed by atoms with E-state index in [1.54, 1.807) is 0 Å². The topological polar surface area (TPSA) is 9.86 Å². The van der Waals surface area contributed by atoms with Gasteiger partial charge in [0.15, 0.2) is 0 Å². The molecule has 2 aromatic heterocycles. The second kappa shape index (κ2) is 12.2. The number of hydrogen-bond donors (Lipinski definition) is 0. The van der Waals surface area contributed by atoms with Crippen molar-refractivity contribution >= 4 is 54.4 Å². The van der Waals surface area contributed by atoms with E-state index in [-0.39, 0.29) is 0 Å². The molecule has 0 aliphatic rings. The van der Waals surface area contributed by atoms with E-state index in [9.17, 15) is 0 Å². The van der Waals surface area contributed by atoms with Gasteiger partial charge in [-0.25, -0.2) is 0 Å². The fourth-order valence-electron chi connectivity index (χ4n) is 8.65. The van der Waals surface area contributed by atoms with Crippen molar-refractivity contribution in [2.75, 3.05) is 0 Å². The molecule has 0 N–H and O–H groups in total. The van der Waals surface area contributed by atoms with Gasteiger partial charge in [0.05, 0.1) is 22.1 Å². The lowest BCUT2D eigenvalue weighted by atomic mass is 9.93. The Kier molecular flexibility index (Phi) is 6.90. The minimum Gasteiger partial charge on any atom is -0.309 e. The van der Waals surface area contributed by atoms with Crippen LogP contribution in [-0.2, 0) is 0 Å². The first-order chi connectivity index (χ1) is 26.8. The van der Waals surface area contributed by atoms with E-state index < -0.39 is 0 Å². The Morgan fingerprint density at radius 3 is 1.31 bits per heavy atom. The summed E-state index contributed by atoms with van der Waals surface area (Å²) in [5.41, 5.74) is 14.4. The summed E-state index contributed by atoms with van der Waals surface area (Å²) >= 11 is 0. The third-order valence-corrected chi connectivity index (χ3v) is 11.1. The van der Waals surface area contributed by atoms with Crippen LogP contribution < -0.4 is 0 Å². The summed E-state index contributed by atoms with van der Waals surface area (Å²) in [6.45, 7) is 0. The molecule has 0 fully saturated rings. The summed E-state index contributed by atoms with van der Waals surface area (Å²) in [5.74, 6) is 0. The van der Waals surface area contributed by atoms with Gasteiger partial charge in [-0.05, 0) is 99.4 Å². The fraction of sp³-hybridized carbons (Fsp3) is 0. The predicted molar refractivity (Wildman–Crippen MR) is 229 cm³/mol. The van der Waals surface area contributed by atoms with Gasteiger partial charge in [-0.2, -0.15) is 0 Å². The van der Waals surface area contributed by atoms with E-state index in [1.807, 2.05) is 0 Å². The van der Waals surface area contributed by atoms with Gasteiger partial charge in [-0.3, -0.25) is 0 Å². The van der Waals surface area contributed by atoms with Crippen molar-refractivity contribution in [3.63, 3.8) is 0 Å². The summed E-state index contributed by atoms with van der Waals surface area (Å²) in [6, 6.07) is 75.1. The smallest absolute Gasteiger partial charge is 0.0619 e. The number of benzene rings is 9. The predicted octanol–water partition coefficient (Wildman–Crippen LogP) is 14.0. The molecule has 0 saturated heterocycles. The maximum absolute atomic E-state index is 2.44. The molecule has 9 aromatic carbocycles. The quantitative estimate of drug-likeness (QED) is 0.171. The van der Waals surface area contributed by atoms with Gasteiger partial charge in [-0.15, -0.1) is 0 Å². The summed E-state index contributed by atoms with van der Waals surface area (Å²) in [5, 5.41) is 7.59. The monoisotopic (exact) mass is 686 g/mol. The Bertz CT molecular complexity index is 3110. The van der Waals surface area contributed by atoms with Gasteiger partial charge < -0.3 is 9.13 Å². The van der Waals surface area contributed by atoms with E-state index in [1.165, 1.54) is 93.5 Å². The first kappa shape index (κ1) is 30.5. The molecule has 2 nitrogen and oxygen atoms in total. The van der Waals surface area contributed by atoms with Crippen LogP contribution in [0.4, 0.5) is 0 Å². The number of fused-ring (bicyclic) bond motifs is 9. The van der Waals surface area contributed by atoms with Crippen LogP contribution in [0.3, 0.4) is 0 Å². The minimum absolute atomic E-state index is 1.14. The van der Waals surface area contributed by atoms with E-state index in [2.05, 4.69) is 215 Å². The molecule has 11 rings (SSSR count). The second-order valence-electron chi connectivity index (χ2n) is 14.1. The average molecular weight is 687 g/mol. The van der Waals surface area contributed by atoms with Gasteiger partial charge in [-0.1, -0.05) is 146 Å². The zero-order valence-electron chi connectivity index (χ0n) is 29.5. The molecule has 11 aromatic rings. The Morgan fingerprint density at radius 2 is 0.685 bits per heavy atom. The highest BCUT2D eigenvalue weighted by Gasteiger charge is 2.19. The average Bonchev–Trinajstić information content (AvgIpc) is 3.78. The van der Waals surface area contributed by atoms with Crippen LogP contribution in [0, 0.1) is 0 Å². The number of rotatable bonds is 5. The van der Waals surface area contributed by atoms with E-state index in [4.69, 9.17) is 0 Å². The number of hydrogen-bond acceptors (Lipinski definition) is 0. The zero-order valence-corrected chi connectivity index (χ0v) is 29.5. The van der Waals surface area contributed by atoms with Crippen molar-refractivity contribution < 1.29 is 0 Å². The lowest BCUT2D eigenvalue weighted by Gasteiger charge is -2.13. The van der Waals surface area contributed by atoms with Crippen LogP contribution in [0.1, 0.15) is 0 Å². The third kappa shape index (κ3) is 4.74. The summed E-state index contributed by atoms with van der Waals surface area (Å²) in [7, 11) is 0. The number of nitrogens with zero attached hydrogens (tertiary/aromatic N) is 2. The van der Waals surface area contributed by atoms with Gasteiger partial charge in [0.1, 0.15) is 0 Å². The molecule has 2 heteroatoms. The zero-order chi connectivity index (χ0) is 35.6. The normalized spacial score (nSPS) is 11.7. The first-order valence-electron chi connectivity index (χ1n) is 18.6. The van der Waals surface area contributed by atoms with Crippen LogP contribution in [-0.4, -0.2) is 9.13 Å². The fourth-order valence-corrected chi connectivity index (χ4v) is 8.65. The van der Waals surface area contributed by atoms with Crippen molar-refractivity contribution in [1.82, 2.24) is 9.13 Å². The largest absolute Gasteiger partial charge is 0.309 e. The van der Waals surface area contributed by atoms with E-state index in [0.717, 1.165) is 5.69 Å². The van der Waals surface area contributed by atoms with Crippen LogP contribution in [0.15, 0.2) is 206 Å². The van der Waals surface area contributed by atoms with Crippen molar-refractivity contribution in [3.8, 4) is 44.8 Å². The van der Waals surface area contributed by atoms with Crippen LogP contribution in [0.5, 0.6) is 0 Å². The van der Waals surface area contributed by atoms with E-state index in [0.29, 0.717) is 0 Å². The van der Waals surface area contributed by atoms with Crippen molar-refractivity contribution in [1.29, 1.82) is 0 Å². The lowest BCUT2D eigenvalue weighted by Crippen LogP contribution is -1.95. The molecule has 0 radical (unpaired) electrons. The Hall–Kier alpha value is -7.16. The Labute approximate surface area is 313 Å². The molecule has 0 atom stereocenters. The molecule has 0 aliphatic heterocycles. The molecule has 252 valence electrons. The van der Waals surface area contributed by atoms with Crippen LogP contribution >= 0.6 is 0 Å². The molecule has 0 spiro atoms. The molecule has 0 saturated carbocycles. The van der Waals surface area contributed by atoms with E-state index >= 15 is 0 Å². The van der Waals surface area contributed by atoms with Gasteiger partial charge in [0, 0.05) is 38.3 Å². The molecule has 54 heavy (non-hydrogen) atoms. The molecule has 0 amide bonds. The molecule has 0 unspecified atom stereocenters. The summed E-state index contributed by atoms with van der Waals surface area (Å²) in [6.07, 6.45) is 0. The van der Waals surface area contributed by atoms with Gasteiger partial charge in [0.25, 0.3) is 0 Å². The highest BCUT2D eigenvalue weighted by Crippen LogP contribution is 2.42. The number of aromatic nitrogens is 2. The molecular formula is C52H34N2. The Balaban J connectivity index is 1.10. The molecular weight excluding hydrogens is 653 g/mol. The standard InChI is InChI=1S/C52H34N2/c1-4-14-35(15-5-1)38-32-39(36-16-6-2-7-17-36)34-40(33-38)37-24-26-42(27-25-37)53-49-23-13-11-21-47(49)51-44-28-29-45-43-20-10-12-22-48(43)54(41-18-8-3-9-19-41)52(45)46(44)30-31-50(51)53/h1-34H. The van der Waals surface area contributed by atoms with Gasteiger partial charge in [0.2, 0.25) is 0 Å². The minimum atomic E-state index is 1.14. The van der Waals surface area contributed by atoms with Crippen LogP contribution in [0.25, 0.3) is 99.1 Å². The SMILES string of the molecule is c1ccc(-c2cc(-c3ccccc3)cc(-c3ccc(-n4c5ccccc5c5c6ccc7c8ccccc8n(-c8ccccc8)c7c6ccc54)cc3)c2)cc1. The number of para-hydroxylation sites is 3. The molecule has 0 bridgehead atoms. The lowest BCUT2D eigenvalue weighted by molar-refractivity contribution is 1.18. The highest BCUT2D eigenvalue weighted by atomic mass is 15.0. The maximum atomic E-state index is 2.44. The van der Waals surface area contributed by atoms with Crippen molar-refractivity contribution in [2.45, 2.75) is 0 Å². The third-order valence-electron chi connectivity index (χ3n) is 11.1. The second-order valence-corrected chi connectivity index (χ2v) is 14.1.